The van der Waals surface area contributed by atoms with Crippen LogP contribution < -0.4 is 0 Å². The van der Waals surface area contributed by atoms with E-state index in [0.717, 1.165) is 77.0 Å². The molecule has 0 aromatic heterocycles. The first kappa shape index (κ1) is 24.9. The standard InChI is InChI=1S/C28H47F3O/c1-17-8-9-22(16-25(17)29)20-12-10-19(11-13-20)18(2)28(32)24-15-14-23(26(30)27(24)31)21-6-4-3-5-7-21/h17-28,32H,3-16H2,1-2H3. The highest BCUT2D eigenvalue weighted by molar-refractivity contribution is 4.96. The van der Waals surface area contributed by atoms with E-state index in [9.17, 15) is 9.50 Å². The summed E-state index contributed by atoms with van der Waals surface area (Å²) in [6, 6.07) is 0. The third-order valence-corrected chi connectivity index (χ3v) is 10.6. The molecule has 4 saturated carbocycles. The summed E-state index contributed by atoms with van der Waals surface area (Å²) in [5, 5.41) is 11.1. The van der Waals surface area contributed by atoms with E-state index >= 15 is 8.78 Å². The lowest BCUT2D eigenvalue weighted by Crippen LogP contribution is -2.48. The van der Waals surface area contributed by atoms with E-state index in [0.29, 0.717) is 30.1 Å². The Labute approximate surface area is 194 Å². The van der Waals surface area contributed by atoms with Gasteiger partial charge in [0.1, 0.15) is 18.5 Å². The zero-order chi connectivity index (χ0) is 22.8. The number of halogens is 3. The number of aliphatic hydroxyl groups excluding tert-OH is 1. The van der Waals surface area contributed by atoms with E-state index in [-0.39, 0.29) is 17.8 Å². The summed E-state index contributed by atoms with van der Waals surface area (Å²) in [5.74, 6) is 1.37. The van der Waals surface area contributed by atoms with Crippen molar-refractivity contribution in [3.8, 4) is 0 Å². The zero-order valence-electron chi connectivity index (χ0n) is 20.4. The molecule has 0 aromatic carbocycles. The second-order valence-electron chi connectivity index (χ2n) is 12.3. The Morgan fingerprint density at radius 2 is 1.34 bits per heavy atom. The van der Waals surface area contributed by atoms with Gasteiger partial charge in [-0.05, 0) is 99.2 Å². The molecule has 1 nitrogen and oxygen atoms in total. The Morgan fingerprint density at radius 1 is 0.688 bits per heavy atom. The lowest BCUT2D eigenvalue weighted by Gasteiger charge is -2.44. The molecule has 0 saturated heterocycles. The van der Waals surface area contributed by atoms with Crippen LogP contribution in [0, 0.1) is 47.3 Å². The van der Waals surface area contributed by atoms with Crippen LogP contribution in [0.15, 0.2) is 0 Å². The molecule has 32 heavy (non-hydrogen) atoms. The third-order valence-electron chi connectivity index (χ3n) is 10.6. The Balaban J connectivity index is 1.27. The quantitative estimate of drug-likeness (QED) is 0.447. The molecule has 0 bridgehead atoms. The summed E-state index contributed by atoms with van der Waals surface area (Å²) in [5.41, 5.74) is 0. The minimum atomic E-state index is -1.52. The molecule has 4 aliphatic carbocycles. The van der Waals surface area contributed by atoms with Gasteiger partial charge >= 0.3 is 0 Å². The first-order valence-electron chi connectivity index (χ1n) is 14.0. The van der Waals surface area contributed by atoms with Crippen LogP contribution in [-0.4, -0.2) is 29.7 Å². The Morgan fingerprint density at radius 3 is 2.00 bits per heavy atom. The molecule has 4 rings (SSSR count). The Kier molecular flexibility index (Phi) is 8.54. The van der Waals surface area contributed by atoms with Crippen molar-refractivity contribution in [3.05, 3.63) is 0 Å². The van der Waals surface area contributed by atoms with Crippen LogP contribution >= 0.6 is 0 Å². The van der Waals surface area contributed by atoms with Crippen molar-refractivity contribution in [2.45, 2.75) is 128 Å². The minimum absolute atomic E-state index is 0.0120. The second-order valence-corrected chi connectivity index (χ2v) is 12.3. The summed E-state index contributed by atoms with van der Waals surface area (Å²) in [6.45, 7) is 4.09. The summed E-state index contributed by atoms with van der Waals surface area (Å²) in [7, 11) is 0. The Bertz CT molecular complexity index is 571. The van der Waals surface area contributed by atoms with Gasteiger partial charge in [-0.1, -0.05) is 46.0 Å². The fourth-order valence-electron chi connectivity index (χ4n) is 8.13. The molecule has 4 aliphatic rings. The van der Waals surface area contributed by atoms with Crippen molar-refractivity contribution in [3.63, 3.8) is 0 Å². The SMILES string of the molecule is CC1CCC(C2CCC(C(C)C(O)C3CCC(C4CCCCC4)C(F)C3F)CC2)CC1F. The third kappa shape index (κ3) is 5.36. The molecule has 0 amide bonds. The van der Waals surface area contributed by atoms with Crippen molar-refractivity contribution in [1.82, 2.24) is 0 Å². The van der Waals surface area contributed by atoms with Gasteiger partial charge in [-0.15, -0.1) is 0 Å². The van der Waals surface area contributed by atoms with Gasteiger partial charge in [0.05, 0.1) is 6.10 Å². The van der Waals surface area contributed by atoms with E-state index in [4.69, 9.17) is 0 Å². The molecule has 4 heteroatoms. The topological polar surface area (TPSA) is 20.2 Å². The molecule has 186 valence electrons. The van der Waals surface area contributed by atoms with Gasteiger partial charge in [0, 0.05) is 5.92 Å². The maximum Gasteiger partial charge on any atom is 0.137 e. The van der Waals surface area contributed by atoms with E-state index in [1.807, 2.05) is 6.92 Å². The van der Waals surface area contributed by atoms with Gasteiger partial charge in [-0.2, -0.15) is 0 Å². The van der Waals surface area contributed by atoms with Crippen molar-refractivity contribution in [1.29, 1.82) is 0 Å². The molecule has 0 radical (unpaired) electrons. The van der Waals surface area contributed by atoms with Crippen LogP contribution in [0.5, 0.6) is 0 Å². The van der Waals surface area contributed by atoms with Gasteiger partial charge in [0.15, 0.2) is 0 Å². The second kappa shape index (κ2) is 11.0. The maximum atomic E-state index is 15.2. The van der Waals surface area contributed by atoms with Crippen LogP contribution in [0.2, 0.25) is 0 Å². The first-order valence-corrected chi connectivity index (χ1v) is 14.0. The molecule has 9 unspecified atom stereocenters. The predicted molar refractivity (Wildman–Crippen MR) is 125 cm³/mol. The zero-order valence-corrected chi connectivity index (χ0v) is 20.4. The summed E-state index contributed by atoms with van der Waals surface area (Å²) in [6.07, 6.45) is 9.85. The minimum Gasteiger partial charge on any atom is -0.392 e. The molecular weight excluding hydrogens is 409 g/mol. The number of rotatable bonds is 5. The van der Waals surface area contributed by atoms with E-state index in [1.165, 1.54) is 6.42 Å². The van der Waals surface area contributed by atoms with E-state index < -0.39 is 30.5 Å². The maximum absolute atomic E-state index is 15.2. The average molecular weight is 457 g/mol. The van der Waals surface area contributed by atoms with Crippen LogP contribution in [0.3, 0.4) is 0 Å². The van der Waals surface area contributed by atoms with Crippen LogP contribution in [0.25, 0.3) is 0 Å². The van der Waals surface area contributed by atoms with Gasteiger partial charge in [-0.25, -0.2) is 13.2 Å². The molecule has 1 N–H and O–H groups in total. The number of hydrogen-bond donors (Lipinski definition) is 1. The van der Waals surface area contributed by atoms with Gasteiger partial charge in [0.25, 0.3) is 0 Å². The number of hydrogen-bond acceptors (Lipinski definition) is 1. The lowest BCUT2D eigenvalue weighted by molar-refractivity contribution is -0.0784. The highest BCUT2D eigenvalue weighted by atomic mass is 19.2. The Hall–Kier alpha value is -0.250. The molecule has 9 atom stereocenters. The summed E-state index contributed by atoms with van der Waals surface area (Å²) >= 11 is 0. The molecule has 0 aromatic rings. The van der Waals surface area contributed by atoms with Gasteiger partial charge < -0.3 is 5.11 Å². The average Bonchev–Trinajstić information content (AvgIpc) is 2.82. The van der Waals surface area contributed by atoms with E-state index in [1.54, 1.807) is 0 Å². The monoisotopic (exact) mass is 456 g/mol. The summed E-state index contributed by atoms with van der Waals surface area (Å²) < 4.78 is 44.6. The van der Waals surface area contributed by atoms with Crippen molar-refractivity contribution < 1.29 is 18.3 Å². The van der Waals surface area contributed by atoms with Crippen LogP contribution in [0.4, 0.5) is 13.2 Å². The lowest BCUT2D eigenvalue weighted by atomic mass is 9.64. The smallest absolute Gasteiger partial charge is 0.137 e. The van der Waals surface area contributed by atoms with Gasteiger partial charge in [0.2, 0.25) is 0 Å². The van der Waals surface area contributed by atoms with Gasteiger partial charge in [-0.3, -0.25) is 0 Å². The normalized spacial score (nSPS) is 46.5. The first-order chi connectivity index (χ1) is 15.4. The summed E-state index contributed by atoms with van der Waals surface area (Å²) in [4.78, 5) is 0. The number of alkyl halides is 3. The van der Waals surface area contributed by atoms with Crippen LogP contribution in [-0.2, 0) is 0 Å². The highest BCUT2D eigenvalue weighted by Gasteiger charge is 2.47. The van der Waals surface area contributed by atoms with Crippen molar-refractivity contribution in [2.24, 2.45) is 47.3 Å². The molecule has 4 fully saturated rings. The predicted octanol–water partition coefficient (Wildman–Crippen LogP) is 7.85. The molecule has 0 aliphatic heterocycles. The largest absolute Gasteiger partial charge is 0.392 e. The molecule has 0 spiro atoms. The van der Waals surface area contributed by atoms with Crippen molar-refractivity contribution >= 4 is 0 Å². The molecule has 0 heterocycles. The fraction of sp³-hybridized carbons (Fsp3) is 1.00. The highest BCUT2D eigenvalue weighted by Crippen LogP contribution is 2.47. The fourth-order valence-corrected chi connectivity index (χ4v) is 8.13. The molecular formula is C28H47F3O. The van der Waals surface area contributed by atoms with E-state index in [2.05, 4.69) is 6.92 Å². The van der Waals surface area contributed by atoms with Crippen LogP contribution in [0.1, 0.15) is 104 Å². The van der Waals surface area contributed by atoms with Crippen molar-refractivity contribution in [2.75, 3.05) is 0 Å². The number of aliphatic hydroxyl groups is 1.